The molecule has 0 N–H and O–H groups in total. The third-order valence-corrected chi connectivity index (χ3v) is 8.83. The zero-order valence-electron chi connectivity index (χ0n) is 21.7. The van der Waals surface area contributed by atoms with Gasteiger partial charge >= 0.3 is 0 Å². The average molecular weight is 526 g/mol. The van der Waals surface area contributed by atoms with Crippen molar-refractivity contribution < 1.29 is 0 Å². The molecular weight excluding hydrogens is 503 g/mol. The van der Waals surface area contributed by atoms with Gasteiger partial charge < -0.3 is 9.47 Å². The Kier molecular flexibility index (Phi) is 5.29. The number of benzene rings is 6. The number of anilines is 3. The maximum atomic E-state index is 6.10. The van der Waals surface area contributed by atoms with Gasteiger partial charge in [0.05, 0.1) is 11.0 Å². The van der Waals surface area contributed by atoms with E-state index in [-0.39, 0.29) is 0 Å². The Morgan fingerprint density at radius 3 is 1.95 bits per heavy atom. The van der Waals surface area contributed by atoms with E-state index in [1.807, 2.05) is 23.5 Å². The molecule has 0 atom stereocenters. The lowest BCUT2D eigenvalue weighted by molar-refractivity contribution is 1.18. The van der Waals surface area contributed by atoms with Gasteiger partial charge in [-0.05, 0) is 66.7 Å². The summed E-state index contributed by atoms with van der Waals surface area (Å²) >= 11 is 1.84. The third kappa shape index (κ3) is 3.64. The number of thiophene rings is 1. The SMILES string of the molecule is [B]c1ccc(N(c2ccc3c(c2)sc2ccccc23)c2ccc3c(c2)c2ccccc2n3-c2ccccc2)cc1. The van der Waals surface area contributed by atoms with Gasteiger partial charge in [0.15, 0.2) is 0 Å². The number of aromatic nitrogens is 1. The van der Waals surface area contributed by atoms with Crippen molar-refractivity contribution in [3.8, 4) is 5.69 Å². The molecule has 0 aliphatic rings. The molecule has 0 unspecified atom stereocenters. The van der Waals surface area contributed by atoms with Crippen molar-refractivity contribution in [3.05, 3.63) is 140 Å². The minimum absolute atomic E-state index is 0.755. The highest BCUT2D eigenvalue weighted by molar-refractivity contribution is 7.25. The summed E-state index contributed by atoms with van der Waals surface area (Å²) in [5.41, 5.74) is 7.60. The number of fused-ring (bicyclic) bond motifs is 6. The molecule has 0 aliphatic heterocycles. The van der Waals surface area contributed by atoms with Crippen LogP contribution in [0.4, 0.5) is 17.1 Å². The molecule has 8 aromatic rings. The predicted molar refractivity (Wildman–Crippen MR) is 174 cm³/mol. The van der Waals surface area contributed by atoms with Gasteiger partial charge in [-0.1, -0.05) is 78.3 Å². The molecule has 2 radical (unpaired) electrons. The highest BCUT2D eigenvalue weighted by Crippen LogP contribution is 2.42. The van der Waals surface area contributed by atoms with Crippen LogP contribution in [0.2, 0.25) is 0 Å². The van der Waals surface area contributed by atoms with Crippen LogP contribution in [0.3, 0.4) is 0 Å². The van der Waals surface area contributed by atoms with Gasteiger partial charge in [0.2, 0.25) is 0 Å². The minimum Gasteiger partial charge on any atom is -0.310 e. The van der Waals surface area contributed by atoms with Gasteiger partial charge in [-0.3, -0.25) is 0 Å². The zero-order valence-corrected chi connectivity index (χ0v) is 22.5. The Bertz CT molecular complexity index is 2180. The van der Waals surface area contributed by atoms with E-state index in [0.717, 1.165) is 28.2 Å². The molecule has 0 spiro atoms. The van der Waals surface area contributed by atoms with Crippen molar-refractivity contribution >= 4 is 83.7 Å². The summed E-state index contributed by atoms with van der Waals surface area (Å²) in [6.07, 6.45) is 0. The van der Waals surface area contributed by atoms with Gasteiger partial charge in [0.1, 0.15) is 7.85 Å². The molecular formula is C36H23BN2S. The van der Waals surface area contributed by atoms with Crippen LogP contribution >= 0.6 is 11.3 Å². The number of hydrogen-bond acceptors (Lipinski definition) is 2. The van der Waals surface area contributed by atoms with E-state index in [9.17, 15) is 0 Å². The minimum atomic E-state index is 0.755. The highest BCUT2D eigenvalue weighted by atomic mass is 32.1. The summed E-state index contributed by atoms with van der Waals surface area (Å²) in [5.74, 6) is 0. The standard InChI is InChI=1S/C36H23BN2S/c37-24-14-16-26(17-15-24)38(28-18-20-31-30-11-5-7-13-35(30)40-36(31)23-28)27-19-21-34-32(22-27)29-10-4-6-12-33(29)39(34)25-8-2-1-3-9-25/h1-23H. The molecule has 186 valence electrons. The van der Waals surface area contributed by atoms with E-state index >= 15 is 0 Å². The molecule has 2 aromatic heterocycles. The molecule has 4 heteroatoms. The summed E-state index contributed by atoms with van der Waals surface area (Å²) in [6.45, 7) is 0. The molecule has 2 heterocycles. The smallest absolute Gasteiger partial charge is 0.113 e. The first-order chi connectivity index (χ1) is 19.7. The van der Waals surface area contributed by atoms with Gasteiger partial charge in [-0.15, -0.1) is 11.3 Å². The first-order valence-electron chi connectivity index (χ1n) is 13.4. The molecule has 6 aromatic carbocycles. The normalized spacial score (nSPS) is 11.6. The van der Waals surface area contributed by atoms with Crippen LogP contribution in [0.5, 0.6) is 0 Å². The first kappa shape index (κ1) is 23.1. The first-order valence-corrected chi connectivity index (χ1v) is 14.2. The van der Waals surface area contributed by atoms with E-state index in [2.05, 4.69) is 137 Å². The fourth-order valence-electron chi connectivity index (χ4n) is 5.88. The topological polar surface area (TPSA) is 8.17 Å². The second-order valence-corrected chi connectivity index (χ2v) is 11.2. The largest absolute Gasteiger partial charge is 0.310 e. The second kappa shape index (κ2) is 9.15. The Labute approximate surface area is 237 Å². The van der Waals surface area contributed by atoms with Crippen molar-refractivity contribution in [2.45, 2.75) is 0 Å². The van der Waals surface area contributed by atoms with E-state index in [0.29, 0.717) is 0 Å². The molecule has 0 aliphatic carbocycles. The Morgan fingerprint density at radius 2 is 1.10 bits per heavy atom. The van der Waals surface area contributed by atoms with E-state index in [1.165, 1.54) is 42.0 Å². The number of para-hydroxylation sites is 2. The van der Waals surface area contributed by atoms with E-state index in [1.54, 1.807) is 0 Å². The Morgan fingerprint density at radius 1 is 0.475 bits per heavy atom. The molecule has 8 rings (SSSR count). The van der Waals surface area contributed by atoms with Crippen LogP contribution < -0.4 is 10.4 Å². The van der Waals surface area contributed by atoms with Gasteiger partial charge in [-0.2, -0.15) is 0 Å². The Balaban J connectivity index is 1.37. The van der Waals surface area contributed by atoms with Gasteiger partial charge in [0, 0.05) is 53.7 Å². The molecule has 0 fully saturated rings. The van der Waals surface area contributed by atoms with Crippen LogP contribution in [0, 0.1) is 0 Å². The number of nitrogens with zero attached hydrogens (tertiary/aromatic N) is 2. The predicted octanol–water partition coefficient (Wildman–Crippen LogP) is 9.42. The Hall–Kier alpha value is -4.80. The average Bonchev–Trinajstić information content (AvgIpc) is 3.54. The van der Waals surface area contributed by atoms with Crippen molar-refractivity contribution in [3.63, 3.8) is 0 Å². The molecule has 0 saturated carbocycles. The number of hydrogen-bond donors (Lipinski definition) is 0. The van der Waals surface area contributed by atoms with Crippen LogP contribution in [0.15, 0.2) is 140 Å². The summed E-state index contributed by atoms with van der Waals surface area (Å²) in [6, 6.07) is 49.6. The van der Waals surface area contributed by atoms with Crippen molar-refractivity contribution in [2.75, 3.05) is 4.90 Å². The summed E-state index contributed by atoms with van der Waals surface area (Å²) < 4.78 is 4.94. The van der Waals surface area contributed by atoms with E-state index in [4.69, 9.17) is 7.85 Å². The van der Waals surface area contributed by atoms with Crippen LogP contribution in [-0.4, -0.2) is 12.4 Å². The fraction of sp³-hybridized carbons (Fsp3) is 0. The zero-order chi connectivity index (χ0) is 26.6. The van der Waals surface area contributed by atoms with Crippen molar-refractivity contribution in [1.82, 2.24) is 4.57 Å². The summed E-state index contributed by atoms with van der Waals surface area (Å²) in [4.78, 5) is 2.33. The van der Waals surface area contributed by atoms with Crippen LogP contribution in [0.1, 0.15) is 0 Å². The maximum Gasteiger partial charge on any atom is 0.113 e. The summed E-state index contributed by atoms with van der Waals surface area (Å²) in [5, 5.41) is 5.06. The third-order valence-electron chi connectivity index (χ3n) is 7.70. The lowest BCUT2D eigenvalue weighted by Crippen LogP contribution is -2.11. The lowest BCUT2D eigenvalue weighted by atomic mass is 9.96. The highest BCUT2D eigenvalue weighted by Gasteiger charge is 2.18. The van der Waals surface area contributed by atoms with Crippen LogP contribution in [0.25, 0.3) is 47.7 Å². The molecule has 0 amide bonds. The monoisotopic (exact) mass is 526 g/mol. The van der Waals surface area contributed by atoms with Crippen molar-refractivity contribution in [2.24, 2.45) is 0 Å². The molecule has 0 saturated heterocycles. The van der Waals surface area contributed by atoms with Gasteiger partial charge in [-0.25, -0.2) is 0 Å². The van der Waals surface area contributed by atoms with Crippen molar-refractivity contribution in [1.29, 1.82) is 0 Å². The quantitative estimate of drug-likeness (QED) is 0.207. The lowest BCUT2D eigenvalue weighted by Gasteiger charge is -2.26. The fourth-order valence-corrected chi connectivity index (χ4v) is 7.02. The number of rotatable bonds is 4. The van der Waals surface area contributed by atoms with Gasteiger partial charge in [0.25, 0.3) is 0 Å². The van der Waals surface area contributed by atoms with Crippen LogP contribution in [-0.2, 0) is 0 Å². The van der Waals surface area contributed by atoms with E-state index < -0.39 is 0 Å². The molecule has 0 bridgehead atoms. The molecule has 40 heavy (non-hydrogen) atoms. The maximum absolute atomic E-state index is 6.10. The molecule has 2 nitrogen and oxygen atoms in total. The summed E-state index contributed by atoms with van der Waals surface area (Å²) in [7, 11) is 6.10. The second-order valence-electron chi connectivity index (χ2n) is 10.1.